The Morgan fingerprint density at radius 1 is 1.00 bits per heavy atom. The summed E-state index contributed by atoms with van der Waals surface area (Å²) in [5.74, 6) is 0. The predicted octanol–water partition coefficient (Wildman–Crippen LogP) is 6.44. The van der Waals surface area contributed by atoms with Gasteiger partial charge in [0.05, 0.1) is 6.61 Å². The molecule has 0 aliphatic carbocycles. The van der Waals surface area contributed by atoms with Crippen molar-refractivity contribution in [1.29, 1.82) is 0 Å². The number of para-hydroxylation sites is 1. The maximum Gasteiger partial charge on any atom is 0.170 e. The van der Waals surface area contributed by atoms with Crippen LogP contribution >= 0.6 is 0 Å². The van der Waals surface area contributed by atoms with Gasteiger partial charge in [0.1, 0.15) is 0 Å². The minimum absolute atomic E-state index is 0.207. The van der Waals surface area contributed by atoms with E-state index in [-0.39, 0.29) is 5.41 Å². The third-order valence-corrected chi connectivity index (χ3v) is 7.71. The number of rotatable bonds is 4. The van der Waals surface area contributed by atoms with E-state index in [1.807, 2.05) is 0 Å². The summed E-state index contributed by atoms with van der Waals surface area (Å²) < 4.78 is 6.57. The lowest BCUT2D eigenvalue weighted by molar-refractivity contribution is 0.000346. The molecule has 6 rings (SSSR count). The van der Waals surface area contributed by atoms with Crippen LogP contribution in [0.4, 0.5) is 11.4 Å². The molecule has 3 aromatic carbocycles. The average molecular weight is 450 g/mol. The molecule has 0 radical (unpaired) electrons. The summed E-state index contributed by atoms with van der Waals surface area (Å²) in [7, 11) is 4.13. The first-order valence-electron chi connectivity index (χ1n) is 12.0. The normalized spacial score (nSPS) is 20.8. The average Bonchev–Trinajstić information content (AvgIpc) is 3.51. The van der Waals surface area contributed by atoms with Crippen molar-refractivity contribution in [3.63, 3.8) is 0 Å². The lowest BCUT2D eigenvalue weighted by Crippen LogP contribution is -2.51. The van der Waals surface area contributed by atoms with Crippen molar-refractivity contribution in [2.75, 3.05) is 37.0 Å². The number of aromatic amines is 1. The molecule has 1 unspecified atom stereocenters. The second-order valence-electron chi connectivity index (χ2n) is 10.1. The Morgan fingerprint density at radius 2 is 1.79 bits per heavy atom. The molecule has 1 N–H and O–H groups in total. The van der Waals surface area contributed by atoms with Crippen LogP contribution in [0.2, 0.25) is 0 Å². The number of anilines is 2. The van der Waals surface area contributed by atoms with Gasteiger partial charge in [0, 0.05) is 60.1 Å². The van der Waals surface area contributed by atoms with Gasteiger partial charge in [-0.1, -0.05) is 56.3 Å². The van der Waals surface area contributed by atoms with Crippen LogP contribution in [-0.2, 0) is 10.2 Å². The van der Waals surface area contributed by atoms with Gasteiger partial charge in [-0.2, -0.15) is 0 Å². The van der Waals surface area contributed by atoms with Crippen LogP contribution in [-0.4, -0.2) is 38.0 Å². The zero-order valence-electron chi connectivity index (χ0n) is 20.3. The molecule has 1 fully saturated rings. The van der Waals surface area contributed by atoms with Crippen LogP contribution < -0.4 is 9.80 Å². The minimum atomic E-state index is -0.492. The predicted molar refractivity (Wildman–Crippen MR) is 143 cm³/mol. The maximum absolute atomic E-state index is 6.57. The molecule has 0 amide bonds. The van der Waals surface area contributed by atoms with Crippen LogP contribution in [0.1, 0.15) is 25.0 Å². The summed E-state index contributed by atoms with van der Waals surface area (Å²) in [4.78, 5) is 7.99. The van der Waals surface area contributed by atoms with Crippen molar-refractivity contribution in [3.8, 4) is 11.1 Å². The molecule has 0 saturated carbocycles. The van der Waals surface area contributed by atoms with Crippen molar-refractivity contribution in [2.24, 2.45) is 0 Å². The van der Waals surface area contributed by atoms with Crippen LogP contribution in [0.5, 0.6) is 0 Å². The highest BCUT2D eigenvalue weighted by molar-refractivity contribution is 5.96. The number of H-pyrrole nitrogens is 1. The quantitative estimate of drug-likeness (QED) is 0.389. The summed E-state index contributed by atoms with van der Waals surface area (Å²) in [6.45, 7) is 6.26. The van der Waals surface area contributed by atoms with Crippen molar-refractivity contribution in [2.45, 2.75) is 25.0 Å². The van der Waals surface area contributed by atoms with E-state index in [1.165, 1.54) is 44.5 Å². The summed E-state index contributed by atoms with van der Waals surface area (Å²) in [5.41, 5.74) is 7.95. The zero-order valence-corrected chi connectivity index (χ0v) is 20.3. The number of aromatic nitrogens is 1. The monoisotopic (exact) mass is 449 g/mol. The molecule has 2 aliphatic heterocycles. The Morgan fingerprint density at radius 3 is 2.59 bits per heavy atom. The molecule has 4 heteroatoms. The molecular formula is C30H31N3O. The molecule has 172 valence electrons. The standard InChI is InChI=1S/C30H31N3O/c1-29(2)26-19-22(25-20-31-27-8-6-5-7-24(25)27)11-14-28(26)33-17-18-34-30(29,33)16-15-21-9-12-23(13-10-21)32(3)4/h5-16,19-20,31H,17-18H2,1-4H3. The van der Waals surface area contributed by atoms with E-state index >= 15 is 0 Å². The van der Waals surface area contributed by atoms with Gasteiger partial charge < -0.3 is 19.5 Å². The van der Waals surface area contributed by atoms with Crippen molar-refractivity contribution < 1.29 is 4.74 Å². The molecule has 4 nitrogen and oxygen atoms in total. The number of ether oxygens (including phenoxy) is 1. The highest BCUT2D eigenvalue weighted by Crippen LogP contribution is 2.56. The molecule has 0 bridgehead atoms. The van der Waals surface area contributed by atoms with Gasteiger partial charge in [-0.25, -0.2) is 0 Å². The van der Waals surface area contributed by atoms with Crippen LogP contribution in [0.3, 0.4) is 0 Å². The number of benzene rings is 3. The van der Waals surface area contributed by atoms with E-state index in [0.717, 1.165) is 13.2 Å². The smallest absolute Gasteiger partial charge is 0.170 e. The molecule has 2 aliphatic rings. The molecule has 3 heterocycles. The largest absolute Gasteiger partial charge is 0.378 e. The Kier molecular flexibility index (Phi) is 4.65. The number of hydrogen-bond donors (Lipinski definition) is 1. The third kappa shape index (κ3) is 2.95. The van der Waals surface area contributed by atoms with Gasteiger partial charge in [0.15, 0.2) is 5.72 Å². The fraction of sp³-hybridized carbons (Fsp3) is 0.267. The van der Waals surface area contributed by atoms with E-state index in [2.05, 4.69) is 128 Å². The van der Waals surface area contributed by atoms with E-state index < -0.39 is 5.72 Å². The van der Waals surface area contributed by atoms with Gasteiger partial charge in [-0.15, -0.1) is 0 Å². The van der Waals surface area contributed by atoms with Crippen molar-refractivity contribution >= 4 is 28.4 Å². The maximum atomic E-state index is 6.57. The zero-order chi connectivity index (χ0) is 23.5. The molecular weight excluding hydrogens is 418 g/mol. The number of nitrogens with one attached hydrogen (secondary N) is 1. The summed E-state index contributed by atoms with van der Waals surface area (Å²) in [6, 6.07) is 24.1. The van der Waals surface area contributed by atoms with E-state index in [4.69, 9.17) is 4.74 Å². The summed E-state index contributed by atoms with van der Waals surface area (Å²) in [6.07, 6.45) is 6.61. The molecule has 1 atom stereocenters. The topological polar surface area (TPSA) is 31.5 Å². The van der Waals surface area contributed by atoms with Crippen molar-refractivity contribution in [1.82, 2.24) is 4.98 Å². The van der Waals surface area contributed by atoms with Gasteiger partial charge in [-0.05, 0) is 53.1 Å². The summed E-state index contributed by atoms with van der Waals surface area (Å²) in [5, 5.41) is 1.26. The summed E-state index contributed by atoms with van der Waals surface area (Å²) >= 11 is 0. The van der Waals surface area contributed by atoms with Gasteiger partial charge in [0.2, 0.25) is 0 Å². The Labute approximate surface area is 201 Å². The lowest BCUT2D eigenvalue weighted by Gasteiger charge is -2.39. The number of nitrogens with zero attached hydrogens (tertiary/aromatic N) is 2. The first-order valence-corrected chi connectivity index (χ1v) is 12.0. The minimum Gasteiger partial charge on any atom is -0.378 e. The highest BCUT2D eigenvalue weighted by Gasteiger charge is 2.59. The second kappa shape index (κ2) is 7.51. The molecule has 4 aromatic rings. The fourth-order valence-corrected chi connectivity index (χ4v) is 5.74. The number of hydrogen-bond acceptors (Lipinski definition) is 3. The van der Waals surface area contributed by atoms with Gasteiger partial charge >= 0.3 is 0 Å². The third-order valence-electron chi connectivity index (χ3n) is 7.71. The molecule has 0 spiro atoms. The Balaban J connectivity index is 1.40. The lowest BCUT2D eigenvalue weighted by atomic mass is 9.76. The highest BCUT2D eigenvalue weighted by atomic mass is 16.5. The van der Waals surface area contributed by atoms with Gasteiger partial charge in [0.25, 0.3) is 0 Å². The molecule has 1 aromatic heterocycles. The first-order chi connectivity index (χ1) is 16.4. The van der Waals surface area contributed by atoms with E-state index in [1.54, 1.807) is 0 Å². The van der Waals surface area contributed by atoms with Crippen LogP contribution in [0.15, 0.2) is 79.0 Å². The number of fused-ring (bicyclic) bond motifs is 4. The van der Waals surface area contributed by atoms with E-state index in [9.17, 15) is 0 Å². The second-order valence-corrected chi connectivity index (χ2v) is 10.1. The van der Waals surface area contributed by atoms with E-state index in [0.29, 0.717) is 0 Å². The van der Waals surface area contributed by atoms with Crippen molar-refractivity contribution in [3.05, 3.63) is 90.1 Å². The molecule has 34 heavy (non-hydrogen) atoms. The first kappa shape index (κ1) is 21.1. The Bertz CT molecular complexity index is 1400. The van der Waals surface area contributed by atoms with Gasteiger partial charge in [-0.3, -0.25) is 0 Å². The molecule has 1 saturated heterocycles. The van der Waals surface area contributed by atoms with Crippen LogP contribution in [0.25, 0.3) is 28.1 Å². The SMILES string of the molecule is CN(C)c1ccc(C=CC23OCCN2c2ccc(-c4c[nH]c5ccccc45)cc2C3(C)C)cc1. The Hall–Kier alpha value is -3.50. The fourth-order valence-electron chi connectivity index (χ4n) is 5.74. The van der Waals surface area contributed by atoms with Crippen LogP contribution in [0, 0.1) is 0 Å².